The van der Waals surface area contributed by atoms with Crippen molar-refractivity contribution in [2.45, 2.75) is 12.5 Å². The summed E-state index contributed by atoms with van der Waals surface area (Å²) in [6.07, 6.45) is 0.784. The van der Waals surface area contributed by atoms with Crippen molar-refractivity contribution < 1.29 is 20.1 Å². The molecule has 3 rings (SSSR count). The second-order valence-corrected chi connectivity index (χ2v) is 6.39. The Morgan fingerprint density at radius 2 is 1.83 bits per heavy atom. The number of aromatic hydroxyl groups is 3. The summed E-state index contributed by atoms with van der Waals surface area (Å²) in [4.78, 5) is 0. The van der Waals surface area contributed by atoms with Crippen LogP contribution in [-0.4, -0.2) is 29.0 Å². The molecule has 0 spiro atoms. The van der Waals surface area contributed by atoms with Gasteiger partial charge in [-0.25, -0.2) is 0 Å². The van der Waals surface area contributed by atoms with E-state index in [1.807, 2.05) is 6.07 Å². The van der Waals surface area contributed by atoms with Crippen LogP contribution in [0.5, 0.6) is 23.0 Å². The average Bonchev–Trinajstić information content (AvgIpc) is 2.50. The van der Waals surface area contributed by atoms with Gasteiger partial charge in [0.2, 0.25) is 0 Å². The first kappa shape index (κ1) is 18.0. The van der Waals surface area contributed by atoms with Gasteiger partial charge in [0.15, 0.2) is 23.0 Å². The molecule has 1 aliphatic rings. The van der Waals surface area contributed by atoms with Gasteiger partial charge in [-0.2, -0.15) is 0 Å². The van der Waals surface area contributed by atoms with Crippen molar-refractivity contribution >= 4 is 35.0 Å². The maximum atomic E-state index is 9.97. The van der Waals surface area contributed by atoms with Crippen molar-refractivity contribution in [3.8, 4) is 23.0 Å². The second kappa shape index (κ2) is 7.02. The number of rotatable bonds is 2. The summed E-state index contributed by atoms with van der Waals surface area (Å²) >= 11 is 2.06. The summed E-state index contributed by atoms with van der Waals surface area (Å²) in [5.41, 5.74) is 2.86. The number of fused-ring (bicyclic) bond motifs is 1. The minimum Gasteiger partial charge on any atom is -0.504 e. The van der Waals surface area contributed by atoms with Crippen LogP contribution in [0.2, 0.25) is 0 Å². The zero-order valence-corrected chi connectivity index (χ0v) is 15.3. The lowest BCUT2D eigenvalue weighted by Gasteiger charge is -2.28. The predicted molar refractivity (Wildman–Crippen MR) is 97.9 cm³/mol. The molecule has 5 nitrogen and oxygen atoms in total. The summed E-state index contributed by atoms with van der Waals surface area (Å²) in [5.74, 6) is 0.306. The quantitative estimate of drug-likeness (QED) is 0.418. The molecule has 1 atom stereocenters. The molecule has 0 aliphatic carbocycles. The fourth-order valence-corrected chi connectivity index (χ4v) is 3.42. The molecule has 0 radical (unpaired) electrons. The largest absolute Gasteiger partial charge is 0.504 e. The highest BCUT2D eigenvalue weighted by atomic mass is 127. The molecule has 124 valence electrons. The fourth-order valence-electron chi connectivity index (χ4n) is 2.80. The van der Waals surface area contributed by atoms with Gasteiger partial charge in [-0.15, -0.1) is 12.4 Å². The van der Waals surface area contributed by atoms with Gasteiger partial charge in [0, 0.05) is 6.54 Å². The number of hydrogen-bond donors (Lipinski definition) is 4. The molecule has 0 amide bonds. The first-order chi connectivity index (χ1) is 10.5. The Kier molecular flexibility index (Phi) is 5.49. The van der Waals surface area contributed by atoms with Gasteiger partial charge in [-0.05, 0) is 70.0 Å². The molecule has 0 saturated heterocycles. The summed E-state index contributed by atoms with van der Waals surface area (Å²) in [6, 6.07) is 6.75. The summed E-state index contributed by atoms with van der Waals surface area (Å²) in [7, 11) is 1.51. The molecule has 23 heavy (non-hydrogen) atoms. The van der Waals surface area contributed by atoms with Crippen LogP contribution in [0.15, 0.2) is 24.3 Å². The molecule has 0 saturated carbocycles. The lowest BCUT2D eigenvalue weighted by molar-refractivity contribution is 0.370. The Balaban J connectivity index is 0.00000192. The molecule has 0 bridgehead atoms. The van der Waals surface area contributed by atoms with E-state index in [0.717, 1.165) is 29.7 Å². The van der Waals surface area contributed by atoms with Gasteiger partial charge in [0.1, 0.15) is 0 Å². The lowest BCUT2D eigenvalue weighted by atomic mass is 9.89. The topological polar surface area (TPSA) is 82.0 Å². The molecular weight excluding hydrogens is 433 g/mol. The van der Waals surface area contributed by atoms with Gasteiger partial charge in [-0.3, -0.25) is 0 Å². The van der Waals surface area contributed by atoms with Crippen molar-refractivity contribution in [1.82, 2.24) is 5.32 Å². The second-order valence-electron chi connectivity index (χ2n) is 5.23. The predicted octanol–water partition coefficient (Wildman–Crippen LogP) is 3.07. The molecule has 0 aromatic heterocycles. The van der Waals surface area contributed by atoms with Crippen molar-refractivity contribution in [3.63, 3.8) is 0 Å². The average molecular weight is 450 g/mol. The monoisotopic (exact) mass is 449 g/mol. The Hall–Kier alpha value is -1.38. The van der Waals surface area contributed by atoms with Gasteiger partial charge in [0.05, 0.1) is 16.7 Å². The van der Waals surface area contributed by atoms with E-state index in [2.05, 4.69) is 27.9 Å². The number of hydrogen-bond acceptors (Lipinski definition) is 5. The first-order valence-electron chi connectivity index (χ1n) is 6.85. The SMILES string of the molecule is COc1cc(C2NCCc3cc(O)c(O)cc32)cc(I)c1O.Cl. The van der Waals surface area contributed by atoms with Crippen molar-refractivity contribution in [2.24, 2.45) is 0 Å². The van der Waals surface area contributed by atoms with Gasteiger partial charge in [-0.1, -0.05) is 0 Å². The zero-order chi connectivity index (χ0) is 15.9. The van der Waals surface area contributed by atoms with Gasteiger partial charge >= 0.3 is 0 Å². The number of halogens is 2. The number of ether oxygens (including phenoxy) is 1. The van der Waals surface area contributed by atoms with Crippen molar-refractivity contribution in [3.05, 3.63) is 44.5 Å². The maximum absolute atomic E-state index is 9.97. The van der Waals surface area contributed by atoms with Crippen LogP contribution in [0, 0.1) is 3.57 Å². The molecule has 2 aromatic carbocycles. The van der Waals surface area contributed by atoms with E-state index >= 15 is 0 Å². The van der Waals surface area contributed by atoms with Crippen molar-refractivity contribution in [1.29, 1.82) is 0 Å². The summed E-state index contributed by atoms with van der Waals surface area (Å²) < 4.78 is 5.91. The highest BCUT2D eigenvalue weighted by Gasteiger charge is 2.24. The van der Waals surface area contributed by atoms with Crippen LogP contribution in [0.3, 0.4) is 0 Å². The Morgan fingerprint density at radius 1 is 1.13 bits per heavy atom. The molecule has 0 fully saturated rings. The molecular formula is C16H17ClINO4. The maximum Gasteiger partial charge on any atom is 0.171 e. The highest BCUT2D eigenvalue weighted by molar-refractivity contribution is 14.1. The standard InChI is InChI=1S/C16H16INO4.ClH/c1-22-14-6-9(4-11(17)16(14)21)15-10-7-13(20)12(19)5-8(10)2-3-18-15;/h4-7,15,18-21H,2-3H2,1H3;1H. The first-order valence-corrected chi connectivity index (χ1v) is 7.93. The number of phenols is 3. The third-order valence-corrected chi connectivity index (χ3v) is 4.72. The van der Waals surface area contributed by atoms with E-state index in [9.17, 15) is 15.3 Å². The molecule has 7 heteroatoms. The van der Waals surface area contributed by atoms with E-state index < -0.39 is 0 Å². The number of nitrogens with one attached hydrogen (secondary N) is 1. The van der Waals surface area contributed by atoms with Gasteiger partial charge in [0.25, 0.3) is 0 Å². The van der Waals surface area contributed by atoms with Gasteiger partial charge < -0.3 is 25.4 Å². The van der Waals surface area contributed by atoms with E-state index in [4.69, 9.17) is 4.74 Å². The van der Waals surface area contributed by atoms with Crippen LogP contribution in [0.1, 0.15) is 22.7 Å². The third-order valence-electron chi connectivity index (χ3n) is 3.89. The van der Waals surface area contributed by atoms with E-state index in [1.54, 1.807) is 18.2 Å². The molecule has 1 heterocycles. The van der Waals surface area contributed by atoms with Crippen LogP contribution in [-0.2, 0) is 6.42 Å². The minimum absolute atomic E-state index is 0. The smallest absolute Gasteiger partial charge is 0.171 e. The third kappa shape index (κ3) is 3.29. The van der Waals surface area contributed by atoms with Crippen LogP contribution < -0.4 is 10.1 Å². The fraction of sp³-hybridized carbons (Fsp3) is 0.250. The van der Waals surface area contributed by atoms with Crippen LogP contribution in [0.4, 0.5) is 0 Å². The zero-order valence-electron chi connectivity index (χ0n) is 12.3. The number of methoxy groups -OCH3 is 1. The Morgan fingerprint density at radius 3 is 2.52 bits per heavy atom. The molecule has 2 aromatic rings. The summed E-state index contributed by atoms with van der Waals surface area (Å²) in [6.45, 7) is 0.766. The molecule has 1 aliphatic heterocycles. The van der Waals surface area contributed by atoms with Crippen LogP contribution >= 0.6 is 35.0 Å². The number of phenolic OH excluding ortho intramolecular Hbond substituents is 3. The Bertz CT molecular complexity index is 739. The lowest BCUT2D eigenvalue weighted by Crippen LogP contribution is -2.30. The molecule has 1 unspecified atom stereocenters. The molecule has 4 N–H and O–H groups in total. The van der Waals surface area contributed by atoms with E-state index in [0.29, 0.717) is 9.32 Å². The highest BCUT2D eigenvalue weighted by Crippen LogP contribution is 2.40. The number of benzene rings is 2. The normalized spacial score (nSPS) is 16.3. The minimum atomic E-state index is -0.132. The van der Waals surface area contributed by atoms with Crippen LogP contribution in [0.25, 0.3) is 0 Å². The summed E-state index contributed by atoms with van der Waals surface area (Å²) in [5, 5.41) is 32.8. The Labute approximate surface area is 153 Å². The van der Waals surface area contributed by atoms with Crippen molar-refractivity contribution in [2.75, 3.05) is 13.7 Å². The van der Waals surface area contributed by atoms with E-state index in [1.165, 1.54) is 7.11 Å². The van der Waals surface area contributed by atoms with E-state index in [-0.39, 0.29) is 35.7 Å².